The first-order valence-electron chi connectivity index (χ1n) is 8.02. The molecule has 0 aromatic heterocycles. The van der Waals surface area contributed by atoms with Crippen molar-refractivity contribution in [3.63, 3.8) is 0 Å². The van der Waals surface area contributed by atoms with E-state index in [1.165, 1.54) is 10.5 Å². The number of nitrogens with zero attached hydrogens (tertiary/aromatic N) is 1. The van der Waals surface area contributed by atoms with Gasteiger partial charge >= 0.3 is 0 Å². The van der Waals surface area contributed by atoms with Gasteiger partial charge in [0.2, 0.25) is 5.91 Å². The fourth-order valence-electron chi connectivity index (χ4n) is 2.69. The van der Waals surface area contributed by atoms with Crippen molar-refractivity contribution in [1.82, 2.24) is 4.90 Å². The molecule has 2 aromatic rings. The van der Waals surface area contributed by atoms with E-state index in [-0.39, 0.29) is 18.2 Å². The molecule has 1 aliphatic heterocycles. The summed E-state index contributed by atoms with van der Waals surface area (Å²) in [5, 5.41) is 3.12. The number of carbonyl (C=O) groups excluding carboxylic acids is 2. The van der Waals surface area contributed by atoms with Gasteiger partial charge in [0.25, 0.3) is 5.91 Å². The first kappa shape index (κ1) is 16.1. The molecule has 5 heteroatoms. The average Bonchev–Trinajstić information content (AvgIpc) is 2.85. The van der Waals surface area contributed by atoms with Crippen molar-refractivity contribution >= 4 is 17.5 Å². The summed E-state index contributed by atoms with van der Waals surface area (Å²) in [7, 11) is 0. The number of rotatable bonds is 5. The minimum Gasteiger partial charge on any atom is -0.457 e. The Morgan fingerprint density at radius 2 is 1.62 bits per heavy atom. The standard InChI is InChI=1S/C19H20N2O3/c1-3-21-18(22)12-17(19(21)23)20-14-6-10-16(11-7-14)24-15-8-4-13(2)5-9-15/h4-11,17,20H,3,12H2,1-2H3/t17-/m1/s1. The molecule has 1 aliphatic rings. The Morgan fingerprint density at radius 3 is 2.17 bits per heavy atom. The number of likely N-dealkylation sites (tertiary alicyclic amines) is 1. The van der Waals surface area contributed by atoms with Gasteiger partial charge in [-0.25, -0.2) is 0 Å². The van der Waals surface area contributed by atoms with Gasteiger partial charge in [0.15, 0.2) is 0 Å². The third-order valence-electron chi connectivity index (χ3n) is 4.01. The van der Waals surface area contributed by atoms with Crippen molar-refractivity contribution in [2.24, 2.45) is 0 Å². The van der Waals surface area contributed by atoms with Crippen LogP contribution in [0, 0.1) is 6.92 Å². The van der Waals surface area contributed by atoms with Gasteiger partial charge in [0, 0.05) is 12.2 Å². The molecular weight excluding hydrogens is 304 g/mol. The lowest BCUT2D eigenvalue weighted by Gasteiger charge is -2.14. The molecular formula is C19H20N2O3. The van der Waals surface area contributed by atoms with Crippen LogP contribution in [0.1, 0.15) is 18.9 Å². The molecule has 1 saturated heterocycles. The monoisotopic (exact) mass is 324 g/mol. The molecule has 1 atom stereocenters. The largest absolute Gasteiger partial charge is 0.457 e. The Bertz CT molecular complexity index is 738. The zero-order chi connectivity index (χ0) is 17.1. The second kappa shape index (κ2) is 6.74. The fraction of sp³-hybridized carbons (Fsp3) is 0.263. The number of benzene rings is 2. The second-order valence-corrected chi connectivity index (χ2v) is 5.82. The van der Waals surface area contributed by atoms with E-state index in [9.17, 15) is 9.59 Å². The molecule has 0 unspecified atom stereocenters. The molecule has 0 saturated carbocycles. The SMILES string of the molecule is CCN1C(=O)C[C@@H](Nc2ccc(Oc3ccc(C)cc3)cc2)C1=O. The number of ether oxygens (including phenoxy) is 1. The topological polar surface area (TPSA) is 58.6 Å². The number of hydrogen-bond acceptors (Lipinski definition) is 4. The number of aryl methyl sites for hydroxylation is 1. The van der Waals surface area contributed by atoms with Crippen molar-refractivity contribution in [2.45, 2.75) is 26.3 Å². The molecule has 3 rings (SSSR count). The van der Waals surface area contributed by atoms with E-state index in [4.69, 9.17) is 4.74 Å². The molecule has 2 amide bonds. The van der Waals surface area contributed by atoms with Crippen LogP contribution >= 0.6 is 0 Å². The summed E-state index contributed by atoms with van der Waals surface area (Å²) in [6.07, 6.45) is 0.203. The lowest BCUT2D eigenvalue weighted by Crippen LogP contribution is -2.34. The number of carbonyl (C=O) groups is 2. The van der Waals surface area contributed by atoms with Crippen molar-refractivity contribution in [1.29, 1.82) is 0 Å². The molecule has 0 aliphatic carbocycles. The van der Waals surface area contributed by atoms with Crippen molar-refractivity contribution in [3.05, 3.63) is 54.1 Å². The van der Waals surface area contributed by atoms with Crippen LogP contribution in [0.4, 0.5) is 5.69 Å². The summed E-state index contributed by atoms with van der Waals surface area (Å²) < 4.78 is 5.77. The number of hydrogen-bond donors (Lipinski definition) is 1. The van der Waals surface area contributed by atoms with Gasteiger partial charge in [-0.1, -0.05) is 17.7 Å². The van der Waals surface area contributed by atoms with Gasteiger partial charge < -0.3 is 10.1 Å². The number of amides is 2. The summed E-state index contributed by atoms with van der Waals surface area (Å²) in [5.74, 6) is 1.20. The molecule has 5 nitrogen and oxygen atoms in total. The highest BCUT2D eigenvalue weighted by Crippen LogP contribution is 2.24. The van der Waals surface area contributed by atoms with E-state index in [0.29, 0.717) is 12.3 Å². The normalized spacial score (nSPS) is 17.2. The first-order valence-corrected chi connectivity index (χ1v) is 8.02. The van der Waals surface area contributed by atoms with Crippen LogP contribution in [-0.4, -0.2) is 29.3 Å². The van der Waals surface area contributed by atoms with Crippen LogP contribution in [0.3, 0.4) is 0 Å². The van der Waals surface area contributed by atoms with E-state index in [0.717, 1.165) is 11.4 Å². The molecule has 0 spiro atoms. The Labute approximate surface area is 141 Å². The molecule has 1 fully saturated rings. The predicted octanol–water partition coefficient (Wildman–Crippen LogP) is 3.35. The Hall–Kier alpha value is -2.82. The molecule has 124 valence electrons. The van der Waals surface area contributed by atoms with Gasteiger partial charge in [-0.05, 0) is 50.2 Å². The maximum absolute atomic E-state index is 12.1. The lowest BCUT2D eigenvalue weighted by atomic mass is 10.2. The summed E-state index contributed by atoms with van der Waals surface area (Å²) >= 11 is 0. The molecule has 1 heterocycles. The first-order chi connectivity index (χ1) is 11.6. The summed E-state index contributed by atoms with van der Waals surface area (Å²) in [5.41, 5.74) is 1.97. The number of likely N-dealkylation sites (N-methyl/N-ethyl adjacent to an activating group) is 1. The summed E-state index contributed by atoms with van der Waals surface area (Å²) in [6, 6.07) is 14.7. The van der Waals surface area contributed by atoms with Gasteiger partial charge in [-0.3, -0.25) is 14.5 Å². The quantitative estimate of drug-likeness (QED) is 0.857. The van der Waals surface area contributed by atoms with E-state index in [1.54, 1.807) is 6.92 Å². The van der Waals surface area contributed by atoms with Crippen LogP contribution in [-0.2, 0) is 9.59 Å². The summed E-state index contributed by atoms with van der Waals surface area (Å²) in [6.45, 7) is 4.24. The van der Waals surface area contributed by atoms with Crippen LogP contribution < -0.4 is 10.1 Å². The fourth-order valence-corrected chi connectivity index (χ4v) is 2.69. The minimum atomic E-state index is -0.485. The lowest BCUT2D eigenvalue weighted by molar-refractivity contribution is -0.138. The maximum atomic E-state index is 12.1. The Kier molecular flexibility index (Phi) is 4.51. The number of imide groups is 1. The molecule has 0 bridgehead atoms. The molecule has 24 heavy (non-hydrogen) atoms. The zero-order valence-electron chi connectivity index (χ0n) is 13.8. The minimum absolute atomic E-state index is 0.126. The van der Waals surface area contributed by atoms with Crippen LogP contribution in [0.25, 0.3) is 0 Å². The van der Waals surface area contributed by atoms with Gasteiger partial charge in [-0.15, -0.1) is 0 Å². The number of anilines is 1. The Morgan fingerprint density at radius 1 is 1.04 bits per heavy atom. The zero-order valence-corrected chi connectivity index (χ0v) is 13.8. The highest BCUT2D eigenvalue weighted by Gasteiger charge is 2.37. The predicted molar refractivity (Wildman–Crippen MR) is 92.1 cm³/mol. The Balaban J connectivity index is 1.63. The van der Waals surface area contributed by atoms with E-state index in [1.807, 2.05) is 55.5 Å². The third kappa shape index (κ3) is 3.40. The van der Waals surface area contributed by atoms with Crippen LogP contribution in [0.5, 0.6) is 11.5 Å². The van der Waals surface area contributed by atoms with Crippen LogP contribution in [0.15, 0.2) is 48.5 Å². The van der Waals surface area contributed by atoms with Gasteiger partial charge in [0.1, 0.15) is 17.5 Å². The number of nitrogens with one attached hydrogen (secondary N) is 1. The van der Waals surface area contributed by atoms with Crippen molar-refractivity contribution in [3.8, 4) is 11.5 Å². The van der Waals surface area contributed by atoms with Crippen molar-refractivity contribution in [2.75, 3.05) is 11.9 Å². The highest BCUT2D eigenvalue weighted by atomic mass is 16.5. The molecule has 2 aromatic carbocycles. The van der Waals surface area contributed by atoms with Gasteiger partial charge in [0.05, 0.1) is 6.42 Å². The molecule has 1 N–H and O–H groups in total. The van der Waals surface area contributed by atoms with Crippen LogP contribution in [0.2, 0.25) is 0 Å². The smallest absolute Gasteiger partial charge is 0.252 e. The third-order valence-corrected chi connectivity index (χ3v) is 4.01. The highest BCUT2D eigenvalue weighted by molar-refractivity contribution is 6.06. The second-order valence-electron chi connectivity index (χ2n) is 5.82. The maximum Gasteiger partial charge on any atom is 0.252 e. The van der Waals surface area contributed by atoms with Gasteiger partial charge in [-0.2, -0.15) is 0 Å². The van der Waals surface area contributed by atoms with Crippen molar-refractivity contribution < 1.29 is 14.3 Å². The average molecular weight is 324 g/mol. The molecule has 0 radical (unpaired) electrons. The van der Waals surface area contributed by atoms with E-state index >= 15 is 0 Å². The summed E-state index contributed by atoms with van der Waals surface area (Å²) in [4.78, 5) is 25.1. The van der Waals surface area contributed by atoms with E-state index < -0.39 is 6.04 Å². The van der Waals surface area contributed by atoms with E-state index in [2.05, 4.69) is 5.32 Å².